The van der Waals surface area contributed by atoms with Crippen LogP contribution in [-0.4, -0.2) is 40.5 Å². The summed E-state index contributed by atoms with van der Waals surface area (Å²) < 4.78 is 8.22. The van der Waals surface area contributed by atoms with Gasteiger partial charge in [0.05, 0.1) is 28.9 Å². The third-order valence-corrected chi connectivity index (χ3v) is 5.32. The van der Waals surface area contributed by atoms with Crippen LogP contribution >= 0.6 is 11.6 Å². The lowest BCUT2D eigenvalue weighted by atomic mass is 9.98. The van der Waals surface area contributed by atoms with Crippen LogP contribution in [0.3, 0.4) is 0 Å². The SMILES string of the molecule is C=CCN1CCC(COc2cccc3c2ncc2c(Cl)ccn23)CC1. The molecule has 0 N–H and O–H groups in total. The van der Waals surface area contributed by atoms with Crippen molar-refractivity contribution in [2.45, 2.75) is 12.8 Å². The fraction of sp³-hybridized carbons (Fsp3) is 0.350. The first-order valence-corrected chi connectivity index (χ1v) is 9.14. The monoisotopic (exact) mass is 355 g/mol. The minimum Gasteiger partial charge on any atom is -0.491 e. The van der Waals surface area contributed by atoms with E-state index in [0.717, 1.165) is 48.5 Å². The molecule has 0 bridgehead atoms. The number of piperidine rings is 1. The summed E-state index contributed by atoms with van der Waals surface area (Å²) in [6.45, 7) is 7.79. The molecule has 1 aliphatic heterocycles. The number of aromatic nitrogens is 2. The topological polar surface area (TPSA) is 29.8 Å². The fourth-order valence-electron chi connectivity index (χ4n) is 3.56. The summed E-state index contributed by atoms with van der Waals surface area (Å²) in [7, 11) is 0. The van der Waals surface area contributed by atoms with Crippen molar-refractivity contribution in [3.8, 4) is 5.75 Å². The Kier molecular flexibility index (Phi) is 4.64. The van der Waals surface area contributed by atoms with Crippen LogP contribution in [0.4, 0.5) is 0 Å². The minimum absolute atomic E-state index is 0.598. The van der Waals surface area contributed by atoms with Gasteiger partial charge in [0.25, 0.3) is 0 Å². The van der Waals surface area contributed by atoms with E-state index in [1.807, 2.05) is 42.7 Å². The van der Waals surface area contributed by atoms with Crippen LogP contribution in [0.5, 0.6) is 5.75 Å². The molecule has 25 heavy (non-hydrogen) atoms. The van der Waals surface area contributed by atoms with Gasteiger partial charge in [-0.15, -0.1) is 6.58 Å². The second-order valence-electron chi connectivity index (χ2n) is 6.64. The average Bonchev–Trinajstić information content (AvgIpc) is 3.03. The Morgan fingerprint density at radius 2 is 2.08 bits per heavy atom. The number of benzene rings is 1. The molecule has 0 amide bonds. The van der Waals surface area contributed by atoms with Gasteiger partial charge in [-0.2, -0.15) is 0 Å². The molecule has 0 spiro atoms. The van der Waals surface area contributed by atoms with Gasteiger partial charge in [0, 0.05) is 12.7 Å². The maximum Gasteiger partial charge on any atom is 0.147 e. The van der Waals surface area contributed by atoms with Gasteiger partial charge in [-0.25, -0.2) is 4.98 Å². The van der Waals surface area contributed by atoms with Crippen molar-refractivity contribution < 1.29 is 4.74 Å². The zero-order valence-corrected chi connectivity index (χ0v) is 15.0. The second-order valence-corrected chi connectivity index (χ2v) is 7.05. The van der Waals surface area contributed by atoms with Crippen LogP contribution < -0.4 is 4.74 Å². The predicted octanol–water partition coefficient (Wildman–Crippen LogP) is 4.42. The highest BCUT2D eigenvalue weighted by molar-refractivity contribution is 6.34. The van der Waals surface area contributed by atoms with E-state index in [9.17, 15) is 0 Å². The van der Waals surface area contributed by atoms with Crippen molar-refractivity contribution in [1.82, 2.24) is 14.3 Å². The number of para-hydroxylation sites is 1. The van der Waals surface area contributed by atoms with Crippen molar-refractivity contribution in [1.29, 1.82) is 0 Å². The van der Waals surface area contributed by atoms with Gasteiger partial charge in [-0.3, -0.25) is 4.90 Å². The number of rotatable bonds is 5. The predicted molar refractivity (Wildman–Crippen MR) is 103 cm³/mol. The van der Waals surface area contributed by atoms with Gasteiger partial charge in [0.1, 0.15) is 11.3 Å². The van der Waals surface area contributed by atoms with E-state index in [1.54, 1.807) is 0 Å². The Balaban J connectivity index is 1.50. The van der Waals surface area contributed by atoms with Crippen LogP contribution in [0, 0.1) is 5.92 Å². The number of ether oxygens (including phenoxy) is 1. The smallest absolute Gasteiger partial charge is 0.147 e. The third-order valence-electron chi connectivity index (χ3n) is 5.00. The summed E-state index contributed by atoms with van der Waals surface area (Å²) in [5.74, 6) is 1.44. The lowest BCUT2D eigenvalue weighted by molar-refractivity contribution is 0.151. The number of hydrogen-bond donors (Lipinski definition) is 0. The van der Waals surface area contributed by atoms with Gasteiger partial charge in [-0.1, -0.05) is 23.7 Å². The fourth-order valence-corrected chi connectivity index (χ4v) is 3.75. The molecule has 1 saturated heterocycles. The molecule has 1 aromatic carbocycles. The van der Waals surface area contributed by atoms with Crippen molar-refractivity contribution >= 4 is 28.2 Å². The second kappa shape index (κ2) is 7.06. The molecule has 4 nitrogen and oxygen atoms in total. The number of nitrogens with zero attached hydrogens (tertiary/aromatic N) is 3. The lowest BCUT2D eigenvalue weighted by Crippen LogP contribution is -2.35. The molecule has 3 aromatic rings. The summed E-state index contributed by atoms with van der Waals surface area (Å²) in [5.41, 5.74) is 2.81. The lowest BCUT2D eigenvalue weighted by Gasteiger charge is -2.31. The summed E-state index contributed by atoms with van der Waals surface area (Å²) in [6, 6.07) is 7.95. The van der Waals surface area contributed by atoms with Crippen LogP contribution in [0.15, 0.2) is 49.3 Å². The molecular weight excluding hydrogens is 334 g/mol. The Morgan fingerprint density at radius 1 is 1.24 bits per heavy atom. The molecule has 1 fully saturated rings. The summed E-state index contributed by atoms with van der Waals surface area (Å²) >= 11 is 6.21. The molecule has 1 aliphatic rings. The molecule has 4 rings (SSSR count). The maximum atomic E-state index is 6.21. The third kappa shape index (κ3) is 3.24. The van der Waals surface area contributed by atoms with Crippen LogP contribution in [0.2, 0.25) is 5.02 Å². The molecule has 0 atom stereocenters. The van der Waals surface area contributed by atoms with E-state index in [1.165, 1.54) is 12.8 Å². The largest absolute Gasteiger partial charge is 0.491 e. The molecule has 0 radical (unpaired) electrons. The Bertz CT molecular complexity index is 896. The molecule has 0 aliphatic carbocycles. The normalized spacial score (nSPS) is 16.5. The number of likely N-dealkylation sites (tertiary alicyclic amines) is 1. The Hall–Kier alpha value is -2.04. The van der Waals surface area contributed by atoms with E-state index in [4.69, 9.17) is 16.3 Å². The van der Waals surface area contributed by atoms with Crippen LogP contribution in [0.25, 0.3) is 16.6 Å². The van der Waals surface area contributed by atoms with E-state index in [-0.39, 0.29) is 0 Å². The van der Waals surface area contributed by atoms with Crippen molar-refractivity contribution in [3.05, 3.63) is 54.3 Å². The van der Waals surface area contributed by atoms with E-state index >= 15 is 0 Å². The van der Waals surface area contributed by atoms with E-state index in [2.05, 4.69) is 20.9 Å². The first-order chi connectivity index (χ1) is 12.3. The average molecular weight is 356 g/mol. The molecular formula is C20H22ClN3O. The highest BCUT2D eigenvalue weighted by atomic mass is 35.5. The minimum atomic E-state index is 0.598. The summed E-state index contributed by atoms with van der Waals surface area (Å²) in [5, 5.41) is 0.715. The maximum absolute atomic E-state index is 6.21. The number of fused-ring (bicyclic) bond motifs is 3. The van der Waals surface area contributed by atoms with E-state index in [0.29, 0.717) is 10.9 Å². The molecule has 0 unspecified atom stereocenters. The zero-order chi connectivity index (χ0) is 17.2. The van der Waals surface area contributed by atoms with Crippen molar-refractivity contribution in [3.63, 3.8) is 0 Å². The van der Waals surface area contributed by atoms with Gasteiger partial charge in [0.15, 0.2) is 0 Å². The van der Waals surface area contributed by atoms with Gasteiger partial charge >= 0.3 is 0 Å². The molecule has 3 heterocycles. The van der Waals surface area contributed by atoms with E-state index < -0.39 is 0 Å². The van der Waals surface area contributed by atoms with Crippen LogP contribution in [0.1, 0.15) is 12.8 Å². The van der Waals surface area contributed by atoms with Gasteiger partial charge in [0.2, 0.25) is 0 Å². The number of halogens is 1. The number of hydrogen-bond acceptors (Lipinski definition) is 3. The first kappa shape index (κ1) is 16.4. The highest BCUT2D eigenvalue weighted by Crippen LogP contribution is 2.28. The van der Waals surface area contributed by atoms with Gasteiger partial charge in [-0.05, 0) is 50.0 Å². The Morgan fingerprint density at radius 3 is 2.88 bits per heavy atom. The van der Waals surface area contributed by atoms with Crippen molar-refractivity contribution in [2.24, 2.45) is 5.92 Å². The van der Waals surface area contributed by atoms with Crippen LogP contribution in [-0.2, 0) is 0 Å². The molecule has 130 valence electrons. The molecule has 0 saturated carbocycles. The highest BCUT2D eigenvalue weighted by Gasteiger charge is 2.19. The molecule has 2 aromatic heterocycles. The summed E-state index contributed by atoms with van der Waals surface area (Å²) in [4.78, 5) is 7.03. The standard InChI is InChI=1S/C20H22ClN3O/c1-2-9-23-10-6-15(7-11-23)14-25-19-5-3-4-17-20(19)22-13-18-16(21)8-12-24(17)18/h2-5,8,12-13,15H,1,6-7,9-11,14H2. The zero-order valence-electron chi connectivity index (χ0n) is 14.2. The Labute approximate surface area is 152 Å². The first-order valence-electron chi connectivity index (χ1n) is 8.76. The quantitative estimate of drug-likeness (QED) is 0.635. The molecule has 5 heteroatoms. The summed E-state index contributed by atoms with van der Waals surface area (Å²) in [6.07, 6.45) is 8.10. The van der Waals surface area contributed by atoms with Gasteiger partial charge < -0.3 is 9.14 Å². The van der Waals surface area contributed by atoms with Crippen molar-refractivity contribution in [2.75, 3.05) is 26.2 Å².